The minimum atomic E-state index is -0.504. The molecular formula is C18H27N3O3S. The molecule has 3 N–H and O–H groups in total. The van der Waals surface area contributed by atoms with E-state index in [-0.39, 0.29) is 18.4 Å². The van der Waals surface area contributed by atoms with Crippen LogP contribution in [-0.4, -0.2) is 61.0 Å². The van der Waals surface area contributed by atoms with Gasteiger partial charge in [0.15, 0.2) is 6.61 Å². The number of ether oxygens (including phenoxy) is 1. The molecule has 1 aliphatic rings. The van der Waals surface area contributed by atoms with Crippen LogP contribution in [0.15, 0.2) is 30.3 Å². The molecule has 2 rings (SSSR count). The third-order valence-electron chi connectivity index (χ3n) is 4.29. The van der Waals surface area contributed by atoms with Gasteiger partial charge in [0, 0.05) is 13.1 Å². The lowest BCUT2D eigenvalue weighted by atomic mass is 10.1. The number of amides is 2. The van der Waals surface area contributed by atoms with E-state index in [1.54, 1.807) is 23.9 Å². The zero-order valence-electron chi connectivity index (χ0n) is 14.6. The van der Waals surface area contributed by atoms with Gasteiger partial charge in [0.1, 0.15) is 11.8 Å². The van der Waals surface area contributed by atoms with Crippen LogP contribution < -0.4 is 15.8 Å². The highest BCUT2D eigenvalue weighted by Crippen LogP contribution is 2.17. The maximum absolute atomic E-state index is 12.7. The largest absolute Gasteiger partial charge is 0.484 e. The van der Waals surface area contributed by atoms with E-state index in [2.05, 4.69) is 5.32 Å². The molecular weight excluding hydrogens is 338 g/mol. The second-order valence-electron chi connectivity index (χ2n) is 6.18. The van der Waals surface area contributed by atoms with Gasteiger partial charge in [-0.1, -0.05) is 18.2 Å². The summed E-state index contributed by atoms with van der Waals surface area (Å²) in [5, 5.41) is 2.83. The van der Waals surface area contributed by atoms with Crippen LogP contribution in [-0.2, 0) is 9.59 Å². The Morgan fingerprint density at radius 3 is 2.80 bits per heavy atom. The summed E-state index contributed by atoms with van der Waals surface area (Å²) in [5.41, 5.74) is 5.70. The number of nitrogens with one attached hydrogen (secondary N) is 1. The molecule has 138 valence electrons. The zero-order chi connectivity index (χ0) is 18.1. The topological polar surface area (TPSA) is 84.7 Å². The Bertz CT molecular complexity index is 556. The molecule has 0 spiro atoms. The van der Waals surface area contributed by atoms with Crippen LogP contribution >= 0.6 is 11.8 Å². The maximum atomic E-state index is 12.7. The summed E-state index contributed by atoms with van der Waals surface area (Å²) in [6, 6.07) is 8.66. The van der Waals surface area contributed by atoms with Crippen LogP contribution in [0.2, 0.25) is 0 Å². The number of nitrogens with two attached hydrogens (primary N) is 1. The van der Waals surface area contributed by atoms with Gasteiger partial charge in [-0.05, 0) is 49.4 Å². The molecule has 1 fully saturated rings. The summed E-state index contributed by atoms with van der Waals surface area (Å²) in [6.07, 6.45) is 3.53. The molecule has 1 aromatic rings. The van der Waals surface area contributed by atoms with Crippen molar-refractivity contribution < 1.29 is 14.3 Å². The molecule has 1 heterocycles. The number of carbonyl (C=O) groups excluding carboxylic acids is 2. The molecule has 0 aliphatic carbocycles. The van der Waals surface area contributed by atoms with Gasteiger partial charge in [-0.15, -0.1) is 0 Å². The summed E-state index contributed by atoms with van der Waals surface area (Å²) in [4.78, 5) is 26.8. The molecule has 7 heteroatoms. The summed E-state index contributed by atoms with van der Waals surface area (Å²) in [6.45, 7) is 1.89. The van der Waals surface area contributed by atoms with Crippen LogP contribution in [0.1, 0.15) is 12.8 Å². The number of benzene rings is 1. The Hall–Kier alpha value is -1.73. The smallest absolute Gasteiger partial charge is 0.258 e. The molecule has 6 nitrogen and oxygen atoms in total. The minimum Gasteiger partial charge on any atom is -0.484 e. The van der Waals surface area contributed by atoms with E-state index >= 15 is 0 Å². The van der Waals surface area contributed by atoms with Crippen LogP contribution in [0.3, 0.4) is 0 Å². The molecule has 25 heavy (non-hydrogen) atoms. The summed E-state index contributed by atoms with van der Waals surface area (Å²) >= 11 is 1.66. The molecule has 0 bridgehead atoms. The third-order valence-corrected chi connectivity index (χ3v) is 4.93. The Labute approximate surface area is 153 Å². The maximum Gasteiger partial charge on any atom is 0.258 e. The standard InChI is InChI=1S/C18H27N3O3S/c1-25-10-8-16(18(23)21-9-7-14(11-19)12-21)20-17(22)13-24-15-5-3-2-4-6-15/h2-6,14,16H,7-13,19H2,1H3,(H,20,22). The van der Waals surface area contributed by atoms with Gasteiger partial charge in [0.05, 0.1) is 0 Å². The third kappa shape index (κ3) is 6.25. The highest BCUT2D eigenvalue weighted by molar-refractivity contribution is 7.98. The summed E-state index contributed by atoms with van der Waals surface area (Å²) < 4.78 is 5.45. The van der Waals surface area contributed by atoms with Crippen molar-refractivity contribution in [3.05, 3.63) is 30.3 Å². The average Bonchev–Trinajstić information content (AvgIpc) is 3.13. The highest BCUT2D eigenvalue weighted by Gasteiger charge is 2.30. The number of para-hydroxylation sites is 1. The fourth-order valence-electron chi connectivity index (χ4n) is 2.84. The van der Waals surface area contributed by atoms with Crippen molar-refractivity contribution in [2.75, 3.05) is 38.2 Å². The molecule has 2 atom stereocenters. The second-order valence-corrected chi connectivity index (χ2v) is 7.16. The van der Waals surface area contributed by atoms with Crippen molar-refractivity contribution in [1.82, 2.24) is 10.2 Å². The van der Waals surface area contributed by atoms with Gasteiger partial charge in [-0.25, -0.2) is 0 Å². The SMILES string of the molecule is CSCCC(NC(=O)COc1ccccc1)C(=O)N1CCC(CN)C1. The van der Waals surface area contributed by atoms with E-state index < -0.39 is 6.04 Å². The molecule has 0 aromatic heterocycles. The van der Waals surface area contributed by atoms with E-state index in [0.29, 0.717) is 37.7 Å². The van der Waals surface area contributed by atoms with Crippen LogP contribution in [0, 0.1) is 5.92 Å². The Morgan fingerprint density at radius 2 is 2.16 bits per heavy atom. The van der Waals surface area contributed by atoms with Gasteiger partial charge >= 0.3 is 0 Å². The molecule has 2 unspecified atom stereocenters. The highest BCUT2D eigenvalue weighted by atomic mass is 32.2. The number of nitrogens with zero attached hydrogens (tertiary/aromatic N) is 1. The Morgan fingerprint density at radius 1 is 1.40 bits per heavy atom. The first-order valence-electron chi connectivity index (χ1n) is 8.59. The number of hydrogen-bond acceptors (Lipinski definition) is 5. The Kier molecular flexibility index (Phi) is 8.08. The van der Waals surface area contributed by atoms with Gasteiger partial charge < -0.3 is 20.7 Å². The molecule has 2 amide bonds. The predicted molar refractivity (Wildman–Crippen MR) is 101 cm³/mol. The van der Waals surface area contributed by atoms with Crippen molar-refractivity contribution >= 4 is 23.6 Å². The number of thioether (sulfide) groups is 1. The molecule has 0 saturated carbocycles. The lowest BCUT2D eigenvalue weighted by molar-refractivity contribution is -0.136. The molecule has 1 aromatic carbocycles. The van der Waals surface area contributed by atoms with Gasteiger partial charge in [-0.3, -0.25) is 9.59 Å². The number of hydrogen-bond donors (Lipinski definition) is 2. The van der Waals surface area contributed by atoms with Crippen molar-refractivity contribution in [3.8, 4) is 5.75 Å². The summed E-state index contributed by atoms with van der Waals surface area (Å²) in [5.74, 6) is 1.51. The Balaban J connectivity index is 1.87. The van der Waals surface area contributed by atoms with E-state index in [0.717, 1.165) is 12.2 Å². The lowest BCUT2D eigenvalue weighted by Gasteiger charge is -2.24. The number of carbonyl (C=O) groups is 2. The van der Waals surface area contributed by atoms with Crippen LogP contribution in [0.25, 0.3) is 0 Å². The van der Waals surface area contributed by atoms with Crippen molar-refractivity contribution in [2.45, 2.75) is 18.9 Å². The first-order valence-corrected chi connectivity index (χ1v) is 9.98. The van der Waals surface area contributed by atoms with Gasteiger partial charge in [-0.2, -0.15) is 11.8 Å². The van der Waals surface area contributed by atoms with Crippen molar-refractivity contribution in [2.24, 2.45) is 11.7 Å². The normalized spacial score (nSPS) is 18.0. The first-order chi connectivity index (χ1) is 12.1. The molecule has 1 saturated heterocycles. The molecule has 0 radical (unpaired) electrons. The van der Waals surface area contributed by atoms with E-state index in [9.17, 15) is 9.59 Å². The van der Waals surface area contributed by atoms with Gasteiger partial charge in [0.25, 0.3) is 5.91 Å². The molecule has 1 aliphatic heterocycles. The fraction of sp³-hybridized carbons (Fsp3) is 0.556. The lowest BCUT2D eigenvalue weighted by Crippen LogP contribution is -2.49. The minimum absolute atomic E-state index is 0.0157. The first kappa shape index (κ1) is 19.6. The van der Waals surface area contributed by atoms with E-state index in [4.69, 9.17) is 10.5 Å². The number of likely N-dealkylation sites (tertiary alicyclic amines) is 1. The second kappa shape index (κ2) is 10.3. The van der Waals surface area contributed by atoms with Crippen LogP contribution in [0.4, 0.5) is 0 Å². The van der Waals surface area contributed by atoms with Crippen molar-refractivity contribution in [3.63, 3.8) is 0 Å². The quantitative estimate of drug-likeness (QED) is 0.685. The van der Waals surface area contributed by atoms with Crippen molar-refractivity contribution in [1.29, 1.82) is 0 Å². The fourth-order valence-corrected chi connectivity index (χ4v) is 3.31. The predicted octanol–water partition coefficient (Wildman–Crippen LogP) is 1.11. The average molecular weight is 365 g/mol. The van der Waals surface area contributed by atoms with E-state index in [1.807, 2.05) is 29.4 Å². The van der Waals surface area contributed by atoms with E-state index in [1.165, 1.54) is 0 Å². The monoisotopic (exact) mass is 365 g/mol. The van der Waals surface area contributed by atoms with Crippen LogP contribution in [0.5, 0.6) is 5.75 Å². The summed E-state index contributed by atoms with van der Waals surface area (Å²) in [7, 11) is 0. The number of rotatable bonds is 9. The zero-order valence-corrected chi connectivity index (χ0v) is 15.5. The van der Waals surface area contributed by atoms with Gasteiger partial charge in [0.2, 0.25) is 5.91 Å².